The fraction of sp³-hybridized carbons (Fsp3) is 0.250. The molecule has 0 fully saturated rings. The molecular weight excluding hydrogens is 400 g/mol. The van der Waals surface area contributed by atoms with E-state index in [9.17, 15) is 13.2 Å². The summed E-state index contributed by atoms with van der Waals surface area (Å²) < 4.78 is 30.2. The molecule has 0 saturated heterocycles. The summed E-state index contributed by atoms with van der Waals surface area (Å²) >= 11 is 5.85. The maximum absolute atomic E-state index is 12.7. The highest BCUT2D eigenvalue weighted by Gasteiger charge is 2.27. The lowest BCUT2D eigenvalue weighted by molar-refractivity contribution is -0.137. The molecule has 1 aromatic heterocycles. The molecule has 0 radical (unpaired) electrons. The minimum absolute atomic E-state index is 0.0417. The van der Waals surface area contributed by atoms with E-state index in [0.29, 0.717) is 24.4 Å². The van der Waals surface area contributed by atoms with Crippen molar-refractivity contribution >= 4 is 38.5 Å². The van der Waals surface area contributed by atoms with E-state index in [4.69, 9.17) is 16.7 Å². The SMILES string of the molecule is O=C(O)CCn1cc2c3c(cccc31)CC(NS(=O)(=O)c1ccc(Cl)cc1)C2. The molecule has 146 valence electrons. The molecule has 1 aliphatic carbocycles. The molecule has 2 N–H and O–H groups in total. The number of nitrogens with one attached hydrogen (secondary N) is 1. The summed E-state index contributed by atoms with van der Waals surface area (Å²) in [4.78, 5) is 11.1. The number of carboxylic acids is 1. The molecule has 1 atom stereocenters. The van der Waals surface area contributed by atoms with Crippen LogP contribution in [0.5, 0.6) is 0 Å². The van der Waals surface area contributed by atoms with Crippen molar-refractivity contribution in [3.05, 3.63) is 64.8 Å². The Labute approximate surface area is 167 Å². The monoisotopic (exact) mass is 418 g/mol. The normalized spacial score (nSPS) is 16.4. The minimum atomic E-state index is -3.66. The zero-order valence-corrected chi connectivity index (χ0v) is 16.5. The molecule has 6 nitrogen and oxygen atoms in total. The standard InChI is InChI=1S/C20H19ClN2O4S/c21-15-4-6-17(7-5-15)28(26,27)22-16-10-13-2-1-3-18-20(13)14(11-16)12-23(18)9-8-19(24)25/h1-7,12,16,22H,8-11H2,(H,24,25). The molecule has 0 bridgehead atoms. The first kappa shape index (κ1) is 19.0. The van der Waals surface area contributed by atoms with E-state index in [2.05, 4.69) is 4.72 Å². The zero-order chi connectivity index (χ0) is 19.9. The molecule has 0 amide bonds. The van der Waals surface area contributed by atoms with Crippen molar-refractivity contribution < 1.29 is 18.3 Å². The Hall–Kier alpha value is -2.35. The largest absolute Gasteiger partial charge is 0.481 e. The van der Waals surface area contributed by atoms with Crippen LogP contribution >= 0.6 is 11.6 Å². The van der Waals surface area contributed by atoms with Crippen LogP contribution < -0.4 is 4.72 Å². The van der Waals surface area contributed by atoms with Crippen LogP contribution in [-0.2, 0) is 34.2 Å². The fourth-order valence-corrected chi connectivity index (χ4v) is 5.19. The number of rotatable bonds is 6. The Balaban J connectivity index is 1.61. The second kappa shape index (κ2) is 7.24. The molecule has 8 heteroatoms. The van der Waals surface area contributed by atoms with Crippen molar-refractivity contribution in [2.75, 3.05) is 0 Å². The third-order valence-electron chi connectivity index (χ3n) is 5.02. The van der Waals surface area contributed by atoms with Gasteiger partial charge in [0.25, 0.3) is 0 Å². The average Bonchev–Trinajstić information content (AvgIpc) is 2.99. The molecule has 0 aliphatic heterocycles. The van der Waals surface area contributed by atoms with Gasteiger partial charge in [-0.3, -0.25) is 4.79 Å². The van der Waals surface area contributed by atoms with Gasteiger partial charge >= 0.3 is 5.97 Å². The van der Waals surface area contributed by atoms with Crippen LogP contribution in [0.25, 0.3) is 10.9 Å². The quantitative estimate of drug-likeness (QED) is 0.643. The van der Waals surface area contributed by atoms with E-state index in [1.54, 1.807) is 12.1 Å². The third-order valence-corrected chi connectivity index (χ3v) is 6.80. The van der Waals surface area contributed by atoms with E-state index in [0.717, 1.165) is 22.0 Å². The Bertz CT molecular complexity index is 1150. The second-order valence-electron chi connectivity index (χ2n) is 6.98. The summed E-state index contributed by atoms with van der Waals surface area (Å²) in [6.45, 7) is 0.385. The van der Waals surface area contributed by atoms with E-state index < -0.39 is 16.0 Å². The molecule has 0 saturated carbocycles. The number of halogens is 1. The van der Waals surface area contributed by atoms with Crippen molar-refractivity contribution in [1.82, 2.24) is 9.29 Å². The van der Waals surface area contributed by atoms with E-state index >= 15 is 0 Å². The molecule has 1 aliphatic rings. The van der Waals surface area contributed by atoms with Crippen LogP contribution in [0.3, 0.4) is 0 Å². The van der Waals surface area contributed by atoms with Gasteiger partial charge in [0.15, 0.2) is 0 Å². The van der Waals surface area contributed by atoms with Gasteiger partial charge in [0.05, 0.1) is 11.3 Å². The van der Waals surface area contributed by atoms with Crippen LogP contribution in [0.15, 0.2) is 53.6 Å². The summed E-state index contributed by atoms with van der Waals surface area (Å²) in [6, 6.07) is 11.7. The summed E-state index contributed by atoms with van der Waals surface area (Å²) in [7, 11) is -3.66. The summed E-state index contributed by atoms with van der Waals surface area (Å²) in [5.74, 6) is -0.844. The van der Waals surface area contributed by atoms with Crippen molar-refractivity contribution in [1.29, 1.82) is 0 Å². The smallest absolute Gasteiger partial charge is 0.305 e. The first-order chi connectivity index (χ1) is 13.3. The topological polar surface area (TPSA) is 88.4 Å². The number of carboxylic acid groups (broad SMARTS) is 1. The molecule has 4 rings (SSSR count). The predicted octanol–water partition coefficient (Wildman–Crippen LogP) is 3.22. The Kier molecular flexibility index (Phi) is 4.91. The van der Waals surface area contributed by atoms with E-state index in [-0.39, 0.29) is 17.4 Å². The molecule has 1 heterocycles. The van der Waals surface area contributed by atoms with Gasteiger partial charge in [-0.1, -0.05) is 23.7 Å². The summed E-state index contributed by atoms with van der Waals surface area (Å²) in [5.41, 5.74) is 3.09. The van der Waals surface area contributed by atoms with Crippen LogP contribution in [0.2, 0.25) is 5.02 Å². The molecule has 28 heavy (non-hydrogen) atoms. The summed E-state index contributed by atoms with van der Waals surface area (Å²) in [6.07, 6.45) is 3.13. The van der Waals surface area contributed by atoms with Gasteiger partial charge in [-0.15, -0.1) is 0 Å². The van der Waals surface area contributed by atoms with Crippen molar-refractivity contribution in [3.8, 4) is 0 Å². The second-order valence-corrected chi connectivity index (χ2v) is 9.13. The lowest BCUT2D eigenvalue weighted by Crippen LogP contribution is -2.39. The van der Waals surface area contributed by atoms with Gasteiger partial charge in [-0.2, -0.15) is 0 Å². The number of aryl methyl sites for hydroxylation is 1. The van der Waals surface area contributed by atoms with Crippen LogP contribution in [0.4, 0.5) is 0 Å². The maximum Gasteiger partial charge on any atom is 0.305 e. The van der Waals surface area contributed by atoms with Gasteiger partial charge < -0.3 is 9.67 Å². The molecule has 2 aromatic carbocycles. The Morgan fingerprint density at radius 2 is 1.86 bits per heavy atom. The van der Waals surface area contributed by atoms with E-state index in [1.165, 1.54) is 12.1 Å². The maximum atomic E-state index is 12.7. The van der Waals surface area contributed by atoms with Crippen molar-refractivity contribution in [3.63, 3.8) is 0 Å². The molecular formula is C20H19ClN2O4S. The highest BCUT2D eigenvalue weighted by atomic mass is 35.5. The highest BCUT2D eigenvalue weighted by Crippen LogP contribution is 2.32. The van der Waals surface area contributed by atoms with E-state index in [1.807, 2.05) is 29.0 Å². The average molecular weight is 419 g/mol. The van der Waals surface area contributed by atoms with Gasteiger partial charge in [0, 0.05) is 34.7 Å². The van der Waals surface area contributed by atoms with Crippen LogP contribution in [0, 0.1) is 0 Å². The van der Waals surface area contributed by atoms with Crippen molar-refractivity contribution in [2.24, 2.45) is 0 Å². The Morgan fingerprint density at radius 3 is 2.57 bits per heavy atom. The number of hydrogen-bond acceptors (Lipinski definition) is 3. The van der Waals surface area contributed by atoms with Gasteiger partial charge in [0.2, 0.25) is 10.0 Å². The first-order valence-corrected chi connectivity index (χ1v) is 10.8. The number of carbonyl (C=O) groups is 1. The zero-order valence-electron chi connectivity index (χ0n) is 14.9. The van der Waals surface area contributed by atoms with Gasteiger partial charge in [0.1, 0.15) is 0 Å². The van der Waals surface area contributed by atoms with Gasteiger partial charge in [-0.25, -0.2) is 13.1 Å². The van der Waals surface area contributed by atoms with Crippen LogP contribution in [-0.4, -0.2) is 30.1 Å². The minimum Gasteiger partial charge on any atom is -0.481 e. The number of sulfonamides is 1. The number of hydrogen-bond donors (Lipinski definition) is 2. The number of aromatic nitrogens is 1. The molecule has 0 spiro atoms. The summed E-state index contributed by atoms with van der Waals surface area (Å²) in [5, 5.41) is 10.6. The number of nitrogens with zero attached hydrogens (tertiary/aromatic N) is 1. The molecule has 1 unspecified atom stereocenters. The Morgan fingerprint density at radius 1 is 1.14 bits per heavy atom. The lowest BCUT2D eigenvalue weighted by atomic mass is 9.90. The van der Waals surface area contributed by atoms with Crippen LogP contribution in [0.1, 0.15) is 17.5 Å². The highest BCUT2D eigenvalue weighted by molar-refractivity contribution is 7.89. The molecule has 3 aromatic rings. The predicted molar refractivity (Wildman–Crippen MR) is 107 cm³/mol. The number of aliphatic carboxylic acids is 1. The number of benzene rings is 2. The first-order valence-electron chi connectivity index (χ1n) is 8.93. The van der Waals surface area contributed by atoms with Crippen molar-refractivity contribution in [2.45, 2.75) is 36.7 Å². The fourth-order valence-electron chi connectivity index (χ4n) is 3.83. The van der Waals surface area contributed by atoms with Gasteiger partial charge in [-0.05, 0) is 54.3 Å². The lowest BCUT2D eigenvalue weighted by Gasteiger charge is -2.23. The third kappa shape index (κ3) is 3.65.